The first-order valence-electron chi connectivity index (χ1n) is 4.19. The number of carbonyl (C=O) groups is 1. The lowest BCUT2D eigenvalue weighted by molar-refractivity contribution is -0.150. The van der Waals surface area contributed by atoms with Crippen LogP contribution in [-0.2, 0) is 9.53 Å². The SMILES string of the molecule is COC(=O)C(O)c1ccc(Cl)c(Cl)c1C. The van der Waals surface area contributed by atoms with E-state index in [0.29, 0.717) is 21.2 Å². The van der Waals surface area contributed by atoms with Crippen molar-refractivity contribution in [3.05, 3.63) is 33.3 Å². The van der Waals surface area contributed by atoms with Gasteiger partial charge in [-0.15, -0.1) is 0 Å². The summed E-state index contributed by atoms with van der Waals surface area (Å²) in [5.74, 6) is -0.725. The molecule has 1 aromatic carbocycles. The van der Waals surface area contributed by atoms with Crippen LogP contribution in [0.2, 0.25) is 10.0 Å². The van der Waals surface area contributed by atoms with Crippen LogP contribution in [0.4, 0.5) is 0 Å². The molecule has 0 aliphatic carbocycles. The highest BCUT2D eigenvalue weighted by molar-refractivity contribution is 6.42. The number of aliphatic hydroxyl groups excluding tert-OH is 1. The Balaban J connectivity index is 3.16. The molecule has 0 aliphatic heterocycles. The van der Waals surface area contributed by atoms with Crippen molar-refractivity contribution in [2.75, 3.05) is 7.11 Å². The van der Waals surface area contributed by atoms with E-state index in [1.54, 1.807) is 13.0 Å². The van der Waals surface area contributed by atoms with E-state index in [1.807, 2.05) is 0 Å². The molecule has 0 saturated heterocycles. The third kappa shape index (κ3) is 2.43. The zero-order chi connectivity index (χ0) is 11.6. The summed E-state index contributed by atoms with van der Waals surface area (Å²) in [6, 6.07) is 3.07. The number of halogens is 2. The van der Waals surface area contributed by atoms with Crippen LogP contribution < -0.4 is 0 Å². The van der Waals surface area contributed by atoms with Crippen LogP contribution in [0.15, 0.2) is 12.1 Å². The normalized spacial score (nSPS) is 12.3. The monoisotopic (exact) mass is 248 g/mol. The molecule has 5 heteroatoms. The Bertz CT molecular complexity index is 390. The van der Waals surface area contributed by atoms with Crippen LogP contribution in [0, 0.1) is 6.92 Å². The van der Waals surface area contributed by atoms with Crippen molar-refractivity contribution in [3.63, 3.8) is 0 Å². The Morgan fingerprint density at radius 2 is 2.07 bits per heavy atom. The molecule has 82 valence electrons. The van der Waals surface area contributed by atoms with E-state index < -0.39 is 12.1 Å². The number of methoxy groups -OCH3 is 1. The van der Waals surface area contributed by atoms with Gasteiger partial charge in [-0.25, -0.2) is 4.79 Å². The van der Waals surface area contributed by atoms with Gasteiger partial charge >= 0.3 is 5.97 Å². The third-order valence-corrected chi connectivity index (χ3v) is 3.00. The van der Waals surface area contributed by atoms with Crippen LogP contribution in [0.3, 0.4) is 0 Å². The van der Waals surface area contributed by atoms with Gasteiger partial charge in [0.25, 0.3) is 0 Å². The lowest BCUT2D eigenvalue weighted by Crippen LogP contribution is -2.14. The first-order valence-corrected chi connectivity index (χ1v) is 4.95. The summed E-state index contributed by atoms with van der Waals surface area (Å²) in [5, 5.41) is 10.3. The molecule has 1 rings (SSSR count). The van der Waals surface area contributed by atoms with Gasteiger partial charge in [-0.1, -0.05) is 29.3 Å². The van der Waals surface area contributed by atoms with Crippen molar-refractivity contribution < 1.29 is 14.6 Å². The van der Waals surface area contributed by atoms with Gasteiger partial charge in [0.2, 0.25) is 0 Å². The quantitative estimate of drug-likeness (QED) is 0.819. The van der Waals surface area contributed by atoms with Crippen LogP contribution in [0.5, 0.6) is 0 Å². The van der Waals surface area contributed by atoms with Gasteiger partial charge in [-0.2, -0.15) is 0 Å². The molecule has 15 heavy (non-hydrogen) atoms. The van der Waals surface area contributed by atoms with Gasteiger partial charge in [0, 0.05) is 0 Å². The number of rotatable bonds is 2. The predicted octanol–water partition coefficient (Wildman–Crippen LogP) is 2.51. The van der Waals surface area contributed by atoms with Crippen molar-refractivity contribution in [1.82, 2.24) is 0 Å². The standard InChI is InChI=1S/C10H10Cl2O3/c1-5-6(9(13)10(14)15-2)3-4-7(11)8(5)12/h3-4,9,13H,1-2H3. The fraction of sp³-hybridized carbons (Fsp3) is 0.300. The molecule has 0 aliphatic rings. The van der Waals surface area contributed by atoms with E-state index in [-0.39, 0.29) is 0 Å². The summed E-state index contributed by atoms with van der Waals surface area (Å²) in [5.41, 5.74) is 0.971. The summed E-state index contributed by atoms with van der Waals surface area (Å²) < 4.78 is 4.43. The highest BCUT2D eigenvalue weighted by Crippen LogP contribution is 2.31. The average Bonchev–Trinajstić information content (AvgIpc) is 2.24. The van der Waals surface area contributed by atoms with E-state index in [2.05, 4.69) is 4.74 Å². The van der Waals surface area contributed by atoms with Crippen LogP contribution in [0.25, 0.3) is 0 Å². The molecule has 0 aromatic heterocycles. The molecule has 0 saturated carbocycles. The molecule has 0 radical (unpaired) electrons. The molecule has 0 heterocycles. The number of hydrogen-bond acceptors (Lipinski definition) is 3. The Kier molecular flexibility index (Phi) is 3.97. The number of esters is 1. The number of aliphatic hydroxyl groups is 1. The maximum atomic E-state index is 11.1. The predicted molar refractivity (Wildman–Crippen MR) is 58.2 cm³/mol. The molecular formula is C10H10Cl2O3. The molecule has 0 bridgehead atoms. The summed E-state index contributed by atoms with van der Waals surface area (Å²) in [6.45, 7) is 1.68. The van der Waals surface area contributed by atoms with E-state index in [1.165, 1.54) is 13.2 Å². The zero-order valence-electron chi connectivity index (χ0n) is 8.25. The molecule has 3 nitrogen and oxygen atoms in total. The van der Waals surface area contributed by atoms with Crippen LogP contribution in [0.1, 0.15) is 17.2 Å². The van der Waals surface area contributed by atoms with Gasteiger partial charge in [-0.05, 0) is 24.1 Å². The van der Waals surface area contributed by atoms with E-state index in [4.69, 9.17) is 23.2 Å². The van der Waals surface area contributed by atoms with Crippen molar-refractivity contribution in [2.45, 2.75) is 13.0 Å². The largest absolute Gasteiger partial charge is 0.467 e. The van der Waals surface area contributed by atoms with Crippen molar-refractivity contribution in [1.29, 1.82) is 0 Å². The maximum absolute atomic E-state index is 11.1. The second-order valence-corrected chi connectivity index (χ2v) is 3.79. The first kappa shape index (κ1) is 12.3. The summed E-state index contributed by atoms with van der Waals surface area (Å²) in [6.07, 6.45) is -1.33. The van der Waals surface area contributed by atoms with Gasteiger partial charge in [0.05, 0.1) is 17.2 Å². The lowest BCUT2D eigenvalue weighted by atomic mass is 10.0. The molecule has 0 fully saturated rings. The molecule has 1 unspecified atom stereocenters. The Labute approximate surface area is 97.6 Å². The minimum Gasteiger partial charge on any atom is -0.467 e. The van der Waals surface area contributed by atoms with Gasteiger partial charge in [0.1, 0.15) is 0 Å². The highest BCUT2D eigenvalue weighted by atomic mass is 35.5. The zero-order valence-corrected chi connectivity index (χ0v) is 9.76. The van der Waals surface area contributed by atoms with E-state index >= 15 is 0 Å². The third-order valence-electron chi connectivity index (χ3n) is 2.10. The summed E-state index contributed by atoms with van der Waals surface area (Å²) >= 11 is 11.7. The second kappa shape index (κ2) is 4.84. The maximum Gasteiger partial charge on any atom is 0.339 e. The second-order valence-electron chi connectivity index (χ2n) is 3.00. The number of carbonyl (C=O) groups excluding carboxylic acids is 1. The highest BCUT2D eigenvalue weighted by Gasteiger charge is 2.21. The van der Waals surface area contributed by atoms with Crippen LogP contribution >= 0.6 is 23.2 Å². The first-order chi connectivity index (χ1) is 6.99. The minimum absolute atomic E-state index is 0.331. The molecule has 1 N–H and O–H groups in total. The van der Waals surface area contributed by atoms with Crippen molar-refractivity contribution in [2.24, 2.45) is 0 Å². The Morgan fingerprint density at radius 3 is 2.60 bits per heavy atom. The fourth-order valence-electron chi connectivity index (χ4n) is 1.20. The summed E-state index contributed by atoms with van der Waals surface area (Å²) in [4.78, 5) is 11.1. The fourth-order valence-corrected chi connectivity index (χ4v) is 1.58. The molecule has 0 amide bonds. The average molecular weight is 249 g/mol. The van der Waals surface area contributed by atoms with Gasteiger partial charge < -0.3 is 9.84 Å². The van der Waals surface area contributed by atoms with Gasteiger partial charge in [-0.3, -0.25) is 0 Å². The van der Waals surface area contributed by atoms with Gasteiger partial charge in [0.15, 0.2) is 6.10 Å². The van der Waals surface area contributed by atoms with E-state index in [9.17, 15) is 9.90 Å². The molecule has 1 aromatic rings. The Hall–Kier alpha value is -0.770. The van der Waals surface area contributed by atoms with Crippen LogP contribution in [-0.4, -0.2) is 18.2 Å². The van der Waals surface area contributed by atoms with Crippen molar-refractivity contribution in [3.8, 4) is 0 Å². The number of benzene rings is 1. The van der Waals surface area contributed by atoms with Crippen molar-refractivity contribution >= 4 is 29.2 Å². The Morgan fingerprint density at radius 1 is 1.47 bits per heavy atom. The number of hydrogen-bond donors (Lipinski definition) is 1. The lowest BCUT2D eigenvalue weighted by Gasteiger charge is -2.13. The molecule has 1 atom stereocenters. The number of ether oxygens (including phenoxy) is 1. The summed E-state index contributed by atoms with van der Waals surface area (Å²) in [7, 11) is 1.21. The molecule has 0 spiro atoms. The smallest absolute Gasteiger partial charge is 0.339 e. The molecular weight excluding hydrogens is 239 g/mol. The minimum atomic E-state index is -1.33. The van der Waals surface area contributed by atoms with E-state index in [0.717, 1.165) is 0 Å². The topological polar surface area (TPSA) is 46.5 Å².